The summed E-state index contributed by atoms with van der Waals surface area (Å²) in [6.07, 6.45) is 1.45. The van der Waals surface area contributed by atoms with E-state index in [1.54, 1.807) is 55.5 Å². The van der Waals surface area contributed by atoms with Crippen molar-refractivity contribution in [2.75, 3.05) is 31.6 Å². The van der Waals surface area contributed by atoms with Gasteiger partial charge in [-0.1, -0.05) is 11.6 Å². The number of likely N-dealkylation sites (tertiary alicyclic amines) is 1. The Kier molecular flexibility index (Phi) is 7.60. The number of carbonyl (C=O) groups is 3. The maximum atomic E-state index is 12.6. The number of Topliss-reactive ketones (excluding diaryl/α,β-unsaturated/α-hetero) is 1. The van der Waals surface area contributed by atoms with Crippen LogP contribution in [0, 0.1) is 5.92 Å². The molecular weight excluding hydrogens is 404 g/mol. The number of ether oxygens (including phenoxy) is 1. The summed E-state index contributed by atoms with van der Waals surface area (Å²) in [4.78, 5) is 38.7. The topological polar surface area (TPSA) is 75.7 Å². The molecular formula is C23H25ClN2O4. The molecule has 1 aliphatic heterocycles. The number of hydrogen-bond donors (Lipinski definition) is 1. The number of halogens is 1. The second-order valence-corrected chi connectivity index (χ2v) is 7.70. The first-order chi connectivity index (χ1) is 14.5. The van der Waals surface area contributed by atoms with E-state index in [-0.39, 0.29) is 30.1 Å². The molecule has 0 aromatic heterocycles. The van der Waals surface area contributed by atoms with Crippen molar-refractivity contribution in [3.63, 3.8) is 0 Å². The van der Waals surface area contributed by atoms with Crippen LogP contribution in [-0.4, -0.2) is 48.8 Å². The van der Waals surface area contributed by atoms with Crippen LogP contribution in [-0.2, 0) is 9.53 Å². The molecule has 0 radical (unpaired) electrons. The summed E-state index contributed by atoms with van der Waals surface area (Å²) in [5.41, 5.74) is 1.75. The molecule has 2 aromatic rings. The molecule has 3 rings (SSSR count). The monoisotopic (exact) mass is 428 g/mol. The van der Waals surface area contributed by atoms with E-state index < -0.39 is 0 Å². The smallest absolute Gasteiger partial charge is 0.338 e. The second kappa shape index (κ2) is 10.4. The Morgan fingerprint density at radius 1 is 1.00 bits per heavy atom. The molecule has 0 saturated carbocycles. The highest BCUT2D eigenvalue weighted by Gasteiger charge is 2.26. The SMILES string of the molecule is CCOC(=O)c1ccc(NC(=O)CN2CCC(C(=O)c3ccc(Cl)cc3)CC2)cc1. The van der Waals surface area contributed by atoms with Crippen molar-refractivity contribution in [3.05, 3.63) is 64.7 Å². The minimum absolute atomic E-state index is 0.0269. The number of benzene rings is 2. The molecule has 1 amide bonds. The summed E-state index contributed by atoms with van der Waals surface area (Å²) in [5.74, 6) is -0.397. The van der Waals surface area contributed by atoms with Crippen molar-refractivity contribution >= 4 is 34.9 Å². The van der Waals surface area contributed by atoms with Gasteiger partial charge in [0.1, 0.15) is 0 Å². The quantitative estimate of drug-likeness (QED) is 0.531. The molecule has 30 heavy (non-hydrogen) atoms. The lowest BCUT2D eigenvalue weighted by molar-refractivity contribution is -0.117. The molecule has 0 atom stereocenters. The van der Waals surface area contributed by atoms with Crippen LogP contribution in [0.5, 0.6) is 0 Å². The molecule has 1 heterocycles. The zero-order valence-electron chi connectivity index (χ0n) is 16.9. The largest absolute Gasteiger partial charge is 0.462 e. The highest BCUT2D eigenvalue weighted by molar-refractivity contribution is 6.30. The average Bonchev–Trinajstić information content (AvgIpc) is 2.75. The number of rotatable bonds is 7. The summed E-state index contributed by atoms with van der Waals surface area (Å²) in [6, 6.07) is 13.6. The number of piperidine rings is 1. The number of nitrogens with one attached hydrogen (secondary N) is 1. The van der Waals surface area contributed by atoms with E-state index >= 15 is 0 Å². The molecule has 7 heteroatoms. The maximum Gasteiger partial charge on any atom is 0.338 e. The number of esters is 1. The van der Waals surface area contributed by atoms with E-state index in [9.17, 15) is 14.4 Å². The van der Waals surface area contributed by atoms with Gasteiger partial charge in [0.15, 0.2) is 5.78 Å². The van der Waals surface area contributed by atoms with Gasteiger partial charge in [-0.25, -0.2) is 4.79 Å². The van der Waals surface area contributed by atoms with E-state index in [2.05, 4.69) is 5.32 Å². The van der Waals surface area contributed by atoms with Crippen LogP contribution in [0.1, 0.15) is 40.5 Å². The highest BCUT2D eigenvalue weighted by Crippen LogP contribution is 2.23. The zero-order valence-corrected chi connectivity index (χ0v) is 17.7. The summed E-state index contributed by atoms with van der Waals surface area (Å²) in [6.45, 7) is 3.72. The van der Waals surface area contributed by atoms with Gasteiger partial charge in [-0.05, 0) is 81.4 Å². The first kappa shape index (κ1) is 22.0. The molecule has 1 aliphatic rings. The fraction of sp³-hybridized carbons (Fsp3) is 0.348. The number of hydrogen-bond acceptors (Lipinski definition) is 5. The van der Waals surface area contributed by atoms with Crippen molar-refractivity contribution in [1.82, 2.24) is 4.90 Å². The third kappa shape index (κ3) is 5.90. The van der Waals surface area contributed by atoms with E-state index in [0.717, 1.165) is 12.8 Å². The summed E-state index contributed by atoms with van der Waals surface area (Å²) < 4.78 is 4.95. The fourth-order valence-corrected chi connectivity index (χ4v) is 3.64. The van der Waals surface area contributed by atoms with E-state index in [1.807, 2.05) is 4.90 Å². The Labute approximate surface area is 181 Å². The number of anilines is 1. The predicted molar refractivity (Wildman–Crippen MR) is 116 cm³/mol. The Hall–Kier alpha value is -2.70. The van der Waals surface area contributed by atoms with Gasteiger partial charge in [0.2, 0.25) is 5.91 Å². The zero-order chi connectivity index (χ0) is 21.5. The Bertz CT molecular complexity index is 888. The Morgan fingerprint density at radius 2 is 1.60 bits per heavy atom. The predicted octanol–water partition coefficient (Wildman–Crippen LogP) is 4.05. The van der Waals surface area contributed by atoms with Crippen molar-refractivity contribution < 1.29 is 19.1 Å². The molecule has 6 nitrogen and oxygen atoms in total. The molecule has 0 spiro atoms. The number of carbonyl (C=O) groups excluding carboxylic acids is 3. The van der Waals surface area contributed by atoms with Crippen molar-refractivity contribution in [1.29, 1.82) is 0 Å². The van der Waals surface area contributed by atoms with Gasteiger partial charge in [-0.15, -0.1) is 0 Å². The number of amides is 1. The van der Waals surface area contributed by atoms with Gasteiger partial charge in [-0.3, -0.25) is 14.5 Å². The van der Waals surface area contributed by atoms with Gasteiger partial charge in [-0.2, -0.15) is 0 Å². The molecule has 1 fully saturated rings. The summed E-state index contributed by atoms with van der Waals surface area (Å²) >= 11 is 5.89. The van der Waals surface area contributed by atoms with Crippen molar-refractivity contribution in [3.8, 4) is 0 Å². The average molecular weight is 429 g/mol. The summed E-state index contributed by atoms with van der Waals surface area (Å²) in [5, 5.41) is 3.45. The molecule has 1 N–H and O–H groups in total. The normalized spacial score (nSPS) is 14.9. The minimum Gasteiger partial charge on any atom is -0.462 e. The van der Waals surface area contributed by atoms with E-state index in [4.69, 9.17) is 16.3 Å². The lowest BCUT2D eigenvalue weighted by Crippen LogP contribution is -2.40. The van der Waals surface area contributed by atoms with E-state index in [0.29, 0.717) is 41.5 Å². The van der Waals surface area contributed by atoms with Crippen molar-refractivity contribution in [2.24, 2.45) is 5.92 Å². The third-order valence-electron chi connectivity index (χ3n) is 5.13. The Morgan fingerprint density at radius 3 is 2.20 bits per heavy atom. The summed E-state index contributed by atoms with van der Waals surface area (Å²) in [7, 11) is 0. The third-order valence-corrected chi connectivity index (χ3v) is 5.39. The maximum absolute atomic E-state index is 12.6. The first-order valence-electron chi connectivity index (χ1n) is 10.1. The molecule has 0 bridgehead atoms. The molecule has 0 unspecified atom stereocenters. The first-order valence-corrected chi connectivity index (χ1v) is 10.4. The lowest BCUT2D eigenvalue weighted by atomic mass is 9.89. The van der Waals surface area contributed by atoms with Crippen LogP contribution in [0.3, 0.4) is 0 Å². The second-order valence-electron chi connectivity index (χ2n) is 7.27. The number of nitrogens with zero attached hydrogens (tertiary/aromatic N) is 1. The van der Waals surface area contributed by atoms with Crippen molar-refractivity contribution in [2.45, 2.75) is 19.8 Å². The molecule has 2 aromatic carbocycles. The molecule has 0 aliphatic carbocycles. The minimum atomic E-state index is -0.383. The van der Waals surface area contributed by atoms with E-state index in [1.165, 1.54) is 0 Å². The standard InChI is InChI=1S/C23H25ClN2O4/c1-2-30-23(29)18-5-9-20(10-6-18)25-21(27)15-26-13-11-17(12-14-26)22(28)16-3-7-19(24)8-4-16/h3-10,17H,2,11-15H2,1H3,(H,25,27). The number of ketones is 1. The fourth-order valence-electron chi connectivity index (χ4n) is 3.51. The van der Waals surface area contributed by atoms with Crippen LogP contribution < -0.4 is 5.32 Å². The van der Waals surface area contributed by atoms with Crippen LogP contribution in [0.4, 0.5) is 5.69 Å². The molecule has 1 saturated heterocycles. The van der Waals surface area contributed by atoms with Gasteiger partial charge < -0.3 is 10.1 Å². The Balaban J connectivity index is 1.45. The van der Waals surface area contributed by atoms with Gasteiger partial charge in [0, 0.05) is 22.2 Å². The van der Waals surface area contributed by atoms with Crippen LogP contribution >= 0.6 is 11.6 Å². The van der Waals surface area contributed by atoms with Gasteiger partial charge >= 0.3 is 5.97 Å². The highest BCUT2D eigenvalue weighted by atomic mass is 35.5. The lowest BCUT2D eigenvalue weighted by Gasteiger charge is -2.30. The van der Waals surface area contributed by atoms with Gasteiger partial charge in [0.05, 0.1) is 18.7 Å². The van der Waals surface area contributed by atoms with Crippen LogP contribution in [0.2, 0.25) is 5.02 Å². The van der Waals surface area contributed by atoms with Crippen LogP contribution in [0.25, 0.3) is 0 Å². The molecule has 158 valence electrons. The van der Waals surface area contributed by atoms with Crippen LogP contribution in [0.15, 0.2) is 48.5 Å². The van der Waals surface area contributed by atoms with Gasteiger partial charge in [0.25, 0.3) is 0 Å².